The summed E-state index contributed by atoms with van der Waals surface area (Å²) in [6.07, 6.45) is 1.49. The number of sulfonamides is 3. The first-order valence-corrected chi connectivity index (χ1v) is 12.7. The fraction of sp³-hybridized carbons (Fsp3) is 0.250. The van der Waals surface area contributed by atoms with E-state index < -0.39 is 30.1 Å². The molecule has 0 radical (unpaired) electrons. The first-order valence-electron chi connectivity index (χ1n) is 8.21. The van der Waals surface area contributed by atoms with Crippen molar-refractivity contribution in [1.29, 1.82) is 0 Å². The Balaban J connectivity index is 2.31. The van der Waals surface area contributed by atoms with Crippen molar-refractivity contribution in [2.75, 3.05) is 11.3 Å². The molecule has 0 aliphatic heterocycles. The zero-order valence-electron chi connectivity index (χ0n) is 15.0. The molecule has 28 heavy (non-hydrogen) atoms. The summed E-state index contributed by atoms with van der Waals surface area (Å²) in [6.45, 7) is 2.20. The van der Waals surface area contributed by atoms with Crippen molar-refractivity contribution in [1.82, 2.24) is 4.72 Å². The third-order valence-electron chi connectivity index (χ3n) is 3.66. The molecule has 12 heteroatoms. The van der Waals surface area contributed by atoms with Crippen molar-refractivity contribution < 1.29 is 25.3 Å². The quantitative estimate of drug-likeness (QED) is 0.491. The zero-order chi connectivity index (χ0) is 21.0. The lowest BCUT2D eigenvalue weighted by Crippen LogP contribution is -2.25. The number of nitrogens with one attached hydrogen (secondary N) is 2. The first kappa shape index (κ1) is 22.3. The Hall–Kier alpha value is -1.99. The van der Waals surface area contributed by atoms with Crippen molar-refractivity contribution >= 4 is 35.8 Å². The molecule has 9 nitrogen and oxygen atoms in total. The van der Waals surface area contributed by atoms with E-state index in [2.05, 4.69) is 9.44 Å². The molecule has 4 N–H and O–H groups in total. The largest absolute Gasteiger partial charge is 0.280 e. The number of rotatable bonds is 9. The van der Waals surface area contributed by atoms with E-state index in [0.29, 0.717) is 6.42 Å². The number of hydrogen-bond acceptors (Lipinski definition) is 6. The smallest absolute Gasteiger partial charge is 0.261 e. The van der Waals surface area contributed by atoms with Crippen LogP contribution in [-0.4, -0.2) is 31.8 Å². The molecule has 0 bridgehead atoms. The van der Waals surface area contributed by atoms with Crippen LogP contribution in [0.1, 0.15) is 19.8 Å². The van der Waals surface area contributed by atoms with E-state index in [1.807, 2.05) is 6.92 Å². The molecule has 0 saturated carbocycles. The van der Waals surface area contributed by atoms with Crippen LogP contribution in [0, 0.1) is 0 Å². The lowest BCUT2D eigenvalue weighted by atomic mass is 10.3. The lowest BCUT2D eigenvalue weighted by molar-refractivity contribution is 0.578. The second kappa shape index (κ2) is 8.57. The Morgan fingerprint density at radius 2 is 1.39 bits per heavy atom. The molecule has 154 valence electrons. The van der Waals surface area contributed by atoms with Crippen LogP contribution in [0.25, 0.3) is 0 Å². The van der Waals surface area contributed by atoms with Gasteiger partial charge in [0.2, 0.25) is 20.0 Å². The molecule has 2 aromatic carbocycles. The summed E-state index contributed by atoms with van der Waals surface area (Å²) in [5, 5.41) is 5.02. The van der Waals surface area contributed by atoms with Gasteiger partial charge in [-0.1, -0.05) is 25.5 Å². The average Bonchev–Trinajstić information content (AvgIpc) is 2.61. The number of benzene rings is 2. The third kappa shape index (κ3) is 5.75. The molecule has 0 fully saturated rings. The van der Waals surface area contributed by atoms with Gasteiger partial charge in [-0.25, -0.2) is 35.1 Å². The van der Waals surface area contributed by atoms with Gasteiger partial charge >= 0.3 is 0 Å². The van der Waals surface area contributed by atoms with Crippen LogP contribution in [0.5, 0.6) is 0 Å². The maximum atomic E-state index is 12.5. The van der Waals surface area contributed by atoms with E-state index in [-0.39, 0.29) is 26.9 Å². The number of nitrogens with two attached hydrogens (primary N) is 1. The maximum absolute atomic E-state index is 12.5. The van der Waals surface area contributed by atoms with Crippen LogP contribution in [0.2, 0.25) is 0 Å². The second-order valence-corrected chi connectivity index (χ2v) is 10.9. The summed E-state index contributed by atoms with van der Waals surface area (Å²) in [5.74, 6) is 0. The van der Waals surface area contributed by atoms with Crippen molar-refractivity contribution in [3.05, 3.63) is 48.5 Å². The Labute approximate surface area is 165 Å². The second-order valence-electron chi connectivity index (χ2n) is 5.90. The van der Waals surface area contributed by atoms with Crippen LogP contribution in [0.4, 0.5) is 5.69 Å². The molecule has 0 atom stereocenters. The Bertz CT molecular complexity index is 1160. The topological polar surface area (TPSA) is 152 Å². The van der Waals surface area contributed by atoms with Crippen LogP contribution in [0.15, 0.2) is 63.2 Å². The minimum absolute atomic E-state index is 0.0133. The zero-order valence-corrected chi connectivity index (χ0v) is 17.4. The summed E-state index contributed by atoms with van der Waals surface area (Å²) in [5.41, 5.74) is 0.0133. The molecule has 0 aliphatic carbocycles. The summed E-state index contributed by atoms with van der Waals surface area (Å²) in [4.78, 5) is -0.776. The molecule has 2 rings (SSSR count). The number of anilines is 1. The molecule has 0 unspecified atom stereocenters. The van der Waals surface area contributed by atoms with Gasteiger partial charge < -0.3 is 0 Å². The fourth-order valence-electron chi connectivity index (χ4n) is 2.23. The maximum Gasteiger partial charge on any atom is 0.261 e. The van der Waals surface area contributed by atoms with Gasteiger partial charge in [0.15, 0.2) is 0 Å². The van der Waals surface area contributed by atoms with Gasteiger partial charge in [0.1, 0.15) is 0 Å². The van der Waals surface area contributed by atoms with Crippen molar-refractivity contribution in [2.45, 2.75) is 34.5 Å². The van der Waals surface area contributed by atoms with Crippen LogP contribution >= 0.6 is 0 Å². The molecular formula is C16H21N3O6S3. The van der Waals surface area contributed by atoms with Crippen molar-refractivity contribution in [3.63, 3.8) is 0 Å². The van der Waals surface area contributed by atoms with E-state index in [4.69, 9.17) is 5.14 Å². The van der Waals surface area contributed by atoms with Gasteiger partial charge in [-0.3, -0.25) is 4.72 Å². The highest BCUT2D eigenvalue weighted by molar-refractivity contribution is 7.93. The summed E-state index contributed by atoms with van der Waals surface area (Å²) in [6, 6.07) is 9.83. The fourth-order valence-corrected chi connectivity index (χ4v) is 5.07. The summed E-state index contributed by atoms with van der Waals surface area (Å²) < 4.78 is 77.2. The molecule has 0 spiro atoms. The van der Waals surface area contributed by atoms with E-state index in [9.17, 15) is 25.3 Å². The summed E-state index contributed by atoms with van der Waals surface area (Å²) >= 11 is 0. The Morgan fingerprint density at radius 3 is 2.00 bits per heavy atom. The van der Waals surface area contributed by atoms with Gasteiger partial charge in [0.05, 0.1) is 20.4 Å². The number of unbranched alkanes of at least 4 members (excludes halogenated alkanes) is 1. The molecule has 0 amide bonds. The van der Waals surface area contributed by atoms with Gasteiger partial charge in [-0.2, -0.15) is 0 Å². The predicted molar refractivity (Wildman–Crippen MR) is 105 cm³/mol. The Kier molecular flexibility index (Phi) is 6.83. The normalized spacial score (nSPS) is 12.6. The number of hydrogen-bond donors (Lipinski definition) is 3. The monoisotopic (exact) mass is 447 g/mol. The van der Waals surface area contributed by atoms with Gasteiger partial charge in [-0.15, -0.1) is 0 Å². The minimum Gasteiger partial charge on any atom is -0.280 e. The van der Waals surface area contributed by atoms with Gasteiger partial charge in [0, 0.05) is 6.54 Å². The predicted octanol–water partition coefficient (Wildman–Crippen LogP) is 1.21. The van der Waals surface area contributed by atoms with E-state index in [1.165, 1.54) is 42.5 Å². The van der Waals surface area contributed by atoms with Crippen LogP contribution in [-0.2, 0) is 30.1 Å². The van der Waals surface area contributed by atoms with Crippen molar-refractivity contribution in [3.8, 4) is 0 Å². The molecule has 0 heterocycles. The first-order chi connectivity index (χ1) is 13.0. The molecular weight excluding hydrogens is 426 g/mol. The van der Waals surface area contributed by atoms with E-state index >= 15 is 0 Å². The number of primary sulfonamides is 1. The average molecular weight is 448 g/mol. The summed E-state index contributed by atoms with van der Waals surface area (Å²) in [7, 11) is -12.0. The SMILES string of the molecule is CCCCNS(=O)(=O)c1cccc(NS(=O)(=O)c2cccc(S(N)(=O)=O)c2)c1. The highest BCUT2D eigenvalue weighted by Gasteiger charge is 2.19. The van der Waals surface area contributed by atoms with E-state index in [1.54, 1.807) is 0 Å². The lowest BCUT2D eigenvalue weighted by Gasteiger charge is -2.11. The molecule has 0 aliphatic rings. The third-order valence-corrected chi connectivity index (χ3v) is 7.41. The molecule has 2 aromatic rings. The van der Waals surface area contributed by atoms with Crippen LogP contribution < -0.4 is 14.6 Å². The highest BCUT2D eigenvalue weighted by Crippen LogP contribution is 2.21. The van der Waals surface area contributed by atoms with Crippen molar-refractivity contribution in [2.24, 2.45) is 5.14 Å². The Morgan fingerprint density at radius 1 is 0.821 bits per heavy atom. The van der Waals surface area contributed by atoms with Crippen LogP contribution in [0.3, 0.4) is 0 Å². The highest BCUT2D eigenvalue weighted by atomic mass is 32.2. The van der Waals surface area contributed by atoms with Gasteiger partial charge in [0.25, 0.3) is 10.0 Å². The molecule has 0 aromatic heterocycles. The molecule has 0 saturated heterocycles. The van der Waals surface area contributed by atoms with E-state index in [0.717, 1.165) is 12.5 Å². The standard InChI is InChI=1S/C16H21N3O6S3/c1-2-3-10-18-27(22,23)15-8-4-6-13(11-15)19-28(24,25)16-9-5-7-14(12-16)26(17,20)21/h4-9,11-12,18-19H,2-3,10H2,1H3,(H2,17,20,21). The minimum atomic E-state index is -4.16. The van der Waals surface area contributed by atoms with Gasteiger partial charge in [-0.05, 0) is 42.8 Å².